The summed E-state index contributed by atoms with van der Waals surface area (Å²) in [6.07, 6.45) is 2.33. The fourth-order valence-electron chi connectivity index (χ4n) is 3.11. The van der Waals surface area contributed by atoms with Gasteiger partial charge < -0.3 is 4.42 Å². The predicted molar refractivity (Wildman–Crippen MR) is 124 cm³/mol. The van der Waals surface area contributed by atoms with Gasteiger partial charge in [0.05, 0.1) is 5.69 Å². The van der Waals surface area contributed by atoms with Gasteiger partial charge in [-0.25, -0.2) is 0 Å². The van der Waals surface area contributed by atoms with Crippen LogP contribution < -0.4 is 10.2 Å². The summed E-state index contributed by atoms with van der Waals surface area (Å²) in [4.78, 5) is 26.9. The number of carbonyl (C=O) groups is 2. The molecule has 1 aromatic heterocycles. The number of carbonyl (C=O) groups excluding carboxylic acids is 2. The highest BCUT2D eigenvalue weighted by Gasteiger charge is 2.34. The third-order valence-electron chi connectivity index (χ3n) is 4.75. The minimum absolute atomic E-state index is 0.0418. The summed E-state index contributed by atoms with van der Waals surface area (Å²) in [5, 5.41) is 2.64. The molecule has 0 radical (unpaired) electrons. The largest absolute Gasteiger partial charge is 0.457 e. The van der Waals surface area contributed by atoms with E-state index in [1.165, 1.54) is 11.0 Å². The molecule has 150 valence electrons. The fraction of sp³-hybridized carbons (Fsp3) is 0.0870. The molecule has 0 unspecified atom stereocenters. The smallest absolute Gasteiger partial charge is 0.270 e. The Kier molecular flexibility index (Phi) is 5.65. The van der Waals surface area contributed by atoms with Crippen molar-refractivity contribution in [2.45, 2.75) is 13.3 Å². The first-order valence-corrected chi connectivity index (χ1v) is 10.5. The van der Waals surface area contributed by atoms with Crippen molar-refractivity contribution in [1.29, 1.82) is 0 Å². The normalized spacial score (nSPS) is 15.6. The molecule has 2 aromatic carbocycles. The van der Waals surface area contributed by atoms with Crippen LogP contribution in [0.15, 0.2) is 75.1 Å². The topological polar surface area (TPSA) is 62.6 Å². The van der Waals surface area contributed by atoms with Crippen LogP contribution in [0.5, 0.6) is 0 Å². The maximum Gasteiger partial charge on any atom is 0.270 e. The minimum Gasteiger partial charge on any atom is -0.457 e. The lowest BCUT2D eigenvalue weighted by Gasteiger charge is -2.28. The molecule has 1 fully saturated rings. The Morgan fingerprint density at radius 3 is 2.40 bits per heavy atom. The molecule has 2 heterocycles. The summed E-state index contributed by atoms with van der Waals surface area (Å²) in [7, 11) is 0. The molecule has 2 amide bonds. The zero-order valence-electron chi connectivity index (χ0n) is 16.0. The van der Waals surface area contributed by atoms with E-state index < -0.39 is 11.8 Å². The number of aryl methyl sites for hydroxylation is 1. The number of rotatable bonds is 4. The Labute approximate surface area is 187 Å². The standard InChI is InChI=1S/C23H17BrN2O3S/c1-2-14-3-9-17(10-4-14)26-22(28)19(21(27)25-23(26)30)13-18-11-12-20(29-18)15-5-7-16(24)8-6-15/h3-13H,2H2,1H3,(H,25,27,30). The van der Waals surface area contributed by atoms with Gasteiger partial charge in [-0.1, -0.05) is 47.1 Å². The van der Waals surface area contributed by atoms with Crippen LogP contribution in [0.1, 0.15) is 18.2 Å². The van der Waals surface area contributed by atoms with E-state index in [4.69, 9.17) is 16.6 Å². The second kappa shape index (κ2) is 8.38. The van der Waals surface area contributed by atoms with E-state index >= 15 is 0 Å². The van der Waals surface area contributed by atoms with Gasteiger partial charge >= 0.3 is 0 Å². The number of thiocarbonyl (C=S) groups is 1. The molecule has 4 rings (SSSR count). The van der Waals surface area contributed by atoms with Crippen LogP contribution >= 0.6 is 28.1 Å². The van der Waals surface area contributed by atoms with Gasteiger partial charge in [0.15, 0.2) is 5.11 Å². The molecule has 30 heavy (non-hydrogen) atoms. The van der Waals surface area contributed by atoms with E-state index in [-0.39, 0.29) is 10.7 Å². The van der Waals surface area contributed by atoms with Crippen molar-refractivity contribution >= 4 is 56.8 Å². The predicted octanol–water partition coefficient (Wildman–Crippen LogP) is 5.10. The summed E-state index contributed by atoms with van der Waals surface area (Å²) in [6, 6.07) is 18.7. The van der Waals surface area contributed by atoms with Gasteiger partial charge in [0, 0.05) is 10.0 Å². The summed E-state index contributed by atoms with van der Waals surface area (Å²) in [6.45, 7) is 2.05. The second-order valence-electron chi connectivity index (χ2n) is 6.69. The van der Waals surface area contributed by atoms with Gasteiger partial charge in [0.1, 0.15) is 17.1 Å². The van der Waals surface area contributed by atoms with Crippen LogP contribution in [-0.4, -0.2) is 16.9 Å². The second-order valence-corrected chi connectivity index (χ2v) is 7.99. The van der Waals surface area contributed by atoms with E-state index in [9.17, 15) is 9.59 Å². The van der Waals surface area contributed by atoms with Crippen molar-refractivity contribution in [2.75, 3.05) is 4.90 Å². The van der Waals surface area contributed by atoms with Gasteiger partial charge in [-0.3, -0.25) is 19.8 Å². The molecule has 3 aromatic rings. The van der Waals surface area contributed by atoms with Crippen LogP contribution in [0, 0.1) is 0 Å². The molecule has 1 N–H and O–H groups in total. The number of halogens is 1. The molecule has 0 bridgehead atoms. The average molecular weight is 481 g/mol. The highest BCUT2D eigenvalue weighted by atomic mass is 79.9. The highest BCUT2D eigenvalue weighted by molar-refractivity contribution is 9.10. The summed E-state index contributed by atoms with van der Waals surface area (Å²) < 4.78 is 6.80. The molecule has 1 saturated heterocycles. The number of benzene rings is 2. The number of anilines is 1. The van der Waals surface area contributed by atoms with Gasteiger partial charge in [-0.15, -0.1) is 0 Å². The molecule has 1 aliphatic heterocycles. The third-order valence-corrected chi connectivity index (χ3v) is 5.56. The van der Waals surface area contributed by atoms with Crippen molar-refractivity contribution in [3.05, 3.63) is 82.0 Å². The Hall–Kier alpha value is -3.03. The lowest BCUT2D eigenvalue weighted by Crippen LogP contribution is -2.54. The van der Waals surface area contributed by atoms with Crippen LogP contribution in [0.3, 0.4) is 0 Å². The zero-order chi connectivity index (χ0) is 21.3. The first-order valence-electron chi connectivity index (χ1n) is 9.32. The molecule has 0 aliphatic carbocycles. The molecule has 0 spiro atoms. The molecular weight excluding hydrogens is 464 g/mol. The van der Waals surface area contributed by atoms with E-state index in [2.05, 4.69) is 28.2 Å². The van der Waals surface area contributed by atoms with E-state index in [0.29, 0.717) is 17.2 Å². The summed E-state index contributed by atoms with van der Waals surface area (Å²) in [5.74, 6) is 0.00340. The number of nitrogens with zero attached hydrogens (tertiary/aromatic N) is 1. The van der Waals surface area contributed by atoms with Crippen molar-refractivity contribution in [3.63, 3.8) is 0 Å². The monoisotopic (exact) mass is 480 g/mol. The number of amides is 2. The maximum absolute atomic E-state index is 13.1. The Morgan fingerprint density at radius 1 is 1.03 bits per heavy atom. The van der Waals surface area contributed by atoms with Crippen LogP contribution in [0.4, 0.5) is 5.69 Å². The van der Waals surface area contributed by atoms with Gasteiger partial charge in [0.2, 0.25) is 0 Å². The third kappa shape index (κ3) is 3.99. The lowest BCUT2D eigenvalue weighted by molar-refractivity contribution is -0.122. The quantitative estimate of drug-likeness (QED) is 0.320. The van der Waals surface area contributed by atoms with Gasteiger partial charge in [0.25, 0.3) is 11.8 Å². The van der Waals surface area contributed by atoms with E-state index in [0.717, 1.165) is 22.0 Å². The number of furan rings is 1. The Morgan fingerprint density at radius 2 is 1.73 bits per heavy atom. The number of hydrogen-bond donors (Lipinski definition) is 1. The Balaban J connectivity index is 1.65. The van der Waals surface area contributed by atoms with Crippen molar-refractivity contribution < 1.29 is 14.0 Å². The van der Waals surface area contributed by atoms with Crippen molar-refractivity contribution in [1.82, 2.24) is 5.32 Å². The van der Waals surface area contributed by atoms with Crippen LogP contribution in [0.25, 0.3) is 17.4 Å². The van der Waals surface area contributed by atoms with E-state index in [1.807, 2.05) is 48.5 Å². The maximum atomic E-state index is 13.1. The van der Waals surface area contributed by atoms with E-state index in [1.54, 1.807) is 12.1 Å². The fourth-order valence-corrected chi connectivity index (χ4v) is 3.66. The number of nitrogens with one attached hydrogen (secondary N) is 1. The highest BCUT2D eigenvalue weighted by Crippen LogP contribution is 2.27. The molecule has 7 heteroatoms. The molecular formula is C23H17BrN2O3S. The summed E-state index contributed by atoms with van der Waals surface area (Å²) in [5.41, 5.74) is 2.59. The molecule has 0 saturated carbocycles. The molecule has 5 nitrogen and oxygen atoms in total. The first-order chi connectivity index (χ1) is 14.5. The van der Waals surface area contributed by atoms with Crippen molar-refractivity contribution in [3.8, 4) is 11.3 Å². The SMILES string of the molecule is CCc1ccc(N2C(=O)C(=Cc3ccc(-c4ccc(Br)cc4)o3)C(=O)NC2=S)cc1. The van der Waals surface area contributed by atoms with Crippen molar-refractivity contribution in [2.24, 2.45) is 0 Å². The zero-order valence-corrected chi connectivity index (χ0v) is 18.4. The first kappa shape index (κ1) is 20.3. The average Bonchev–Trinajstić information content (AvgIpc) is 3.21. The molecule has 0 atom stereocenters. The lowest BCUT2D eigenvalue weighted by atomic mass is 10.1. The van der Waals surface area contributed by atoms with Gasteiger partial charge in [-0.05, 0) is 66.7 Å². The minimum atomic E-state index is -0.548. The van der Waals surface area contributed by atoms with Crippen LogP contribution in [-0.2, 0) is 16.0 Å². The van der Waals surface area contributed by atoms with Crippen LogP contribution in [0.2, 0.25) is 0 Å². The number of hydrogen-bond acceptors (Lipinski definition) is 4. The molecule has 1 aliphatic rings. The van der Waals surface area contributed by atoms with Gasteiger partial charge in [-0.2, -0.15) is 0 Å². The summed E-state index contributed by atoms with van der Waals surface area (Å²) >= 11 is 8.64. The Bertz CT molecular complexity index is 1160.